The SMILES string of the molecule is CCC(=O)N(CC)C(CC(N)=O)c1ccc2ccccc2c1.Cl. The third-order valence-corrected chi connectivity index (χ3v) is 3.89. The van der Waals surface area contributed by atoms with E-state index >= 15 is 0 Å². The minimum atomic E-state index is -0.402. The highest BCUT2D eigenvalue weighted by Gasteiger charge is 2.24. The van der Waals surface area contributed by atoms with Crippen LogP contribution in [0.15, 0.2) is 42.5 Å². The molecule has 23 heavy (non-hydrogen) atoms. The van der Waals surface area contributed by atoms with Crippen molar-refractivity contribution < 1.29 is 9.59 Å². The summed E-state index contributed by atoms with van der Waals surface area (Å²) in [4.78, 5) is 25.4. The molecule has 5 heteroatoms. The molecule has 0 radical (unpaired) electrons. The first-order valence-corrected chi connectivity index (χ1v) is 7.63. The number of hydrogen-bond donors (Lipinski definition) is 1. The number of rotatable bonds is 6. The number of amides is 2. The Hall–Kier alpha value is -2.07. The van der Waals surface area contributed by atoms with Crippen LogP contribution >= 0.6 is 12.4 Å². The van der Waals surface area contributed by atoms with Crippen molar-refractivity contribution in [3.8, 4) is 0 Å². The number of nitrogens with two attached hydrogens (primary N) is 1. The van der Waals surface area contributed by atoms with Gasteiger partial charge in [-0.3, -0.25) is 9.59 Å². The van der Waals surface area contributed by atoms with E-state index in [1.807, 2.05) is 56.3 Å². The predicted molar refractivity (Wildman–Crippen MR) is 95.4 cm³/mol. The lowest BCUT2D eigenvalue weighted by Gasteiger charge is -2.30. The Morgan fingerprint density at radius 1 is 1.09 bits per heavy atom. The van der Waals surface area contributed by atoms with E-state index in [0.29, 0.717) is 13.0 Å². The van der Waals surface area contributed by atoms with Crippen molar-refractivity contribution in [2.45, 2.75) is 32.7 Å². The van der Waals surface area contributed by atoms with Crippen LogP contribution in [0.5, 0.6) is 0 Å². The highest BCUT2D eigenvalue weighted by molar-refractivity contribution is 5.85. The highest BCUT2D eigenvalue weighted by atomic mass is 35.5. The number of fused-ring (bicyclic) bond motifs is 1. The summed E-state index contributed by atoms with van der Waals surface area (Å²) in [5, 5.41) is 2.23. The van der Waals surface area contributed by atoms with Gasteiger partial charge in [0.05, 0.1) is 12.5 Å². The Labute approximate surface area is 143 Å². The second kappa shape index (κ2) is 8.53. The molecule has 124 valence electrons. The summed E-state index contributed by atoms with van der Waals surface area (Å²) in [5.41, 5.74) is 6.35. The average Bonchev–Trinajstić information content (AvgIpc) is 2.53. The molecule has 2 aromatic carbocycles. The maximum Gasteiger partial charge on any atom is 0.222 e. The first-order chi connectivity index (χ1) is 10.6. The van der Waals surface area contributed by atoms with E-state index in [0.717, 1.165) is 16.3 Å². The van der Waals surface area contributed by atoms with Crippen LogP contribution in [-0.4, -0.2) is 23.3 Å². The van der Waals surface area contributed by atoms with E-state index in [4.69, 9.17) is 5.73 Å². The highest BCUT2D eigenvalue weighted by Crippen LogP contribution is 2.28. The lowest BCUT2D eigenvalue weighted by molar-refractivity contribution is -0.134. The van der Waals surface area contributed by atoms with Gasteiger partial charge in [0.2, 0.25) is 11.8 Å². The van der Waals surface area contributed by atoms with E-state index in [1.54, 1.807) is 4.90 Å². The van der Waals surface area contributed by atoms with Crippen LogP contribution in [0.3, 0.4) is 0 Å². The zero-order chi connectivity index (χ0) is 16.1. The molecule has 0 bridgehead atoms. The van der Waals surface area contributed by atoms with Gasteiger partial charge in [-0.05, 0) is 29.3 Å². The normalized spacial score (nSPS) is 11.6. The second-order valence-electron chi connectivity index (χ2n) is 5.33. The molecule has 0 fully saturated rings. The Morgan fingerprint density at radius 3 is 2.30 bits per heavy atom. The van der Waals surface area contributed by atoms with Crippen LogP contribution < -0.4 is 5.73 Å². The summed E-state index contributed by atoms with van der Waals surface area (Å²) in [6.45, 7) is 4.30. The van der Waals surface area contributed by atoms with Gasteiger partial charge in [0.1, 0.15) is 0 Å². The molecule has 2 rings (SSSR count). The fraction of sp³-hybridized carbons (Fsp3) is 0.333. The summed E-state index contributed by atoms with van der Waals surface area (Å²) in [6.07, 6.45) is 0.550. The standard InChI is InChI=1S/C18H22N2O2.ClH/c1-3-18(22)20(4-2)16(12-17(19)21)15-10-9-13-7-5-6-8-14(13)11-15;/h5-11,16H,3-4,12H2,1-2H3,(H2,19,21);1H. The summed E-state index contributed by atoms with van der Waals surface area (Å²) in [5.74, 6) is -0.373. The Bertz CT molecular complexity index is 688. The summed E-state index contributed by atoms with van der Waals surface area (Å²) >= 11 is 0. The third-order valence-electron chi connectivity index (χ3n) is 3.89. The first kappa shape index (κ1) is 19.0. The molecule has 0 aliphatic carbocycles. The van der Waals surface area contributed by atoms with Crippen LogP contribution in [0, 0.1) is 0 Å². The van der Waals surface area contributed by atoms with Gasteiger partial charge in [0.15, 0.2) is 0 Å². The Balaban J connectivity index is 0.00000264. The zero-order valence-electron chi connectivity index (χ0n) is 13.5. The van der Waals surface area contributed by atoms with E-state index in [-0.39, 0.29) is 30.8 Å². The lowest BCUT2D eigenvalue weighted by Crippen LogP contribution is -2.36. The maximum atomic E-state index is 12.2. The van der Waals surface area contributed by atoms with Crippen LogP contribution in [0.25, 0.3) is 10.8 Å². The average molecular weight is 335 g/mol. The third kappa shape index (κ3) is 4.45. The van der Waals surface area contributed by atoms with Gasteiger partial charge in [0, 0.05) is 13.0 Å². The quantitative estimate of drug-likeness (QED) is 0.879. The second-order valence-corrected chi connectivity index (χ2v) is 5.33. The minimum Gasteiger partial charge on any atom is -0.370 e. The van der Waals surface area contributed by atoms with E-state index in [1.165, 1.54) is 0 Å². The van der Waals surface area contributed by atoms with Crippen molar-refractivity contribution in [2.75, 3.05) is 6.54 Å². The number of carbonyl (C=O) groups is 2. The van der Waals surface area contributed by atoms with Crippen molar-refractivity contribution >= 4 is 35.0 Å². The molecule has 0 aliphatic heterocycles. The van der Waals surface area contributed by atoms with Gasteiger partial charge < -0.3 is 10.6 Å². The van der Waals surface area contributed by atoms with Crippen molar-refractivity contribution in [1.29, 1.82) is 0 Å². The molecule has 0 aliphatic rings. The number of halogens is 1. The number of benzene rings is 2. The smallest absolute Gasteiger partial charge is 0.222 e. The van der Waals surface area contributed by atoms with Crippen molar-refractivity contribution in [1.82, 2.24) is 4.90 Å². The van der Waals surface area contributed by atoms with Gasteiger partial charge in [-0.1, -0.05) is 43.3 Å². The molecule has 0 spiro atoms. The molecule has 2 amide bonds. The van der Waals surface area contributed by atoms with Crippen LogP contribution in [0.4, 0.5) is 0 Å². The van der Waals surface area contributed by atoms with E-state index in [9.17, 15) is 9.59 Å². The molecule has 0 saturated heterocycles. The summed E-state index contributed by atoms with van der Waals surface area (Å²) in [6, 6.07) is 13.7. The molecule has 0 aromatic heterocycles. The van der Waals surface area contributed by atoms with E-state index < -0.39 is 5.91 Å². The van der Waals surface area contributed by atoms with E-state index in [2.05, 4.69) is 0 Å². The van der Waals surface area contributed by atoms with Crippen LogP contribution in [0.1, 0.15) is 38.3 Å². The number of nitrogens with zero attached hydrogens (tertiary/aromatic N) is 1. The predicted octanol–water partition coefficient (Wildman–Crippen LogP) is 3.44. The maximum absolute atomic E-state index is 12.2. The molecule has 4 nitrogen and oxygen atoms in total. The Morgan fingerprint density at radius 2 is 1.74 bits per heavy atom. The summed E-state index contributed by atoms with van der Waals surface area (Å²) < 4.78 is 0. The van der Waals surface area contributed by atoms with Gasteiger partial charge in [-0.15, -0.1) is 12.4 Å². The van der Waals surface area contributed by atoms with Gasteiger partial charge >= 0.3 is 0 Å². The number of hydrogen-bond acceptors (Lipinski definition) is 2. The molecule has 0 heterocycles. The fourth-order valence-electron chi connectivity index (χ4n) is 2.79. The van der Waals surface area contributed by atoms with Gasteiger partial charge in [0.25, 0.3) is 0 Å². The minimum absolute atomic E-state index is 0. The number of carbonyl (C=O) groups excluding carboxylic acids is 2. The van der Waals surface area contributed by atoms with Gasteiger partial charge in [-0.25, -0.2) is 0 Å². The Kier molecular flexibility index (Phi) is 7.04. The molecule has 0 saturated carbocycles. The van der Waals surface area contributed by atoms with Gasteiger partial charge in [-0.2, -0.15) is 0 Å². The van der Waals surface area contributed by atoms with Crippen molar-refractivity contribution in [3.63, 3.8) is 0 Å². The fourth-order valence-corrected chi connectivity index (χ4v) is 2.79. The monoisotopic (exact) mass is 334 g/mol. The van der Waals surface area contributed by atoms with Crippen LogP contribution in [0.2, 0.25) is 0 Å². The largest absolute Gasteiger partial charge is 0.370 e. The molecule has 1 unspecified atom stereocenters. The topological polar surface area (TPSA) is 63.4 Å². The number of primary amides is 1. The van der Waals surface area contributed by atoms with Crippen molar-refractivity contribution in [3.05, 3.63) is 48.0 Å². The van der Waals surface area contributed by atoms with Crippen molar-refractivity contribution in [2.24, 2.45) is 5.73 Å². The summed E-state index contributed by atoms with van der Waals surface area (Å²) in [7, 11) is 0. The molecular formula is C18H23ClN2O2. The lowest BCUT2D eigenvalue weighted by atomic mass is 9.98. The van der Waals surface area contributed by atoms with Crippen LogP contribution in [-0.2, 0) is 9.59 Å². The molecule has 1 atom stereocenters. The first-order valence-electron chi connectivity index (χ1n) is 7.63. The molecule has 2 N–H and O–H groups in total. The molecule has 2 aromatic rings. The molecular weight excluding hydrogens is 312 g/mol. The zero-order valence-corrected chi connectivity index (χ0v) is 14.3.